The molecule has 5 nitrogen and oxygen atoms in total. The molecule has 0 spiro atoms. The van der Waals surface area contributed by atoms with Crippen molar-refractivity contribution < 1.29 is 13.2 Å². The maximum atomic E-state index is 12.2. The summed E-state index contributed by atoms with van der Waals surface area (Å²) in [6, 6.07) is 1.96. The van der Waals surface area contributed by atoms with Gasteiger partial charge in [0.15, 0.2) is 5.92 Å². The van der Waals surface area contributed by atoms with E-state index < -0.39 is 29.9 Å². The second kappa shape index (κ2) is 4.22. The van der Waals surface area contributed by atoms with Crippen molar-refractivity contribution in [2.45, 2.75) is 12.7 Å². The third kappa shape index (κ3) is 2.73. The third-order valence-electron chi connectivity index (χ3n) is 1.83. The SMILES string of the molecule is N#CC(Cn1ccc(=O)[nH]c1=O)C(F)(F)F. The van der Waals surface area contributed by atoms with Crippen LogP contribution in [0, 0.1) is 17.2 Å². The number of hydrogen-bond acceptors (Lipinski definition) is 3. The number of nitriles is 1. The van der Waals surface area contributed by atoms with Gasteiger partial charge in [0.05, 0.1) is 12.6 Å². The zero-order chi connectivity index (χ0) is 12.3. The van der Waals surface area contributed by atoms with Crippen molar-refractivity contribution in [2.75, 3.05) is 0 Å². The number of aromatic nitrogens is 2. The van der Waals surface area contributed by atoms with Crippen molar-refractivity contribution in [3.05, 3.63) is 33.1 Å². The number of alkyl halides is 3. The van der Waals surface area contributed by atoms with Crippen LogP contribution >= 0.6 is 0 Å². The summed E-state index contributed by atoms with van der Waals surface area (Å²) in [7, 11) is 0. The molecule has 0 aromatic carbocycles. The van der Waals surface area contributed by atoms with Gasteiger partial charge in [0.1, 0.15) is 0 Å². The highest BCUT2D eigenvalue weighted by Gasteiger charge is 2.40. The molecule has 86 valence electrons. The summed E-state index contributed by atoms with van der Waals surface area (Å²) in [6.45, 7) is -0.838. The fourth-order valence-corrected chi connectivity index (χ4v) is 1.00. The zero-order valence-electron chi connectivity index (χ0n) is 7.78. The maximum absolute atomic E-state index is 12.2. The Morgan fingerprint density at radius 1 is 1.50 bits per heavy atom. The third-order valence-corrected chi connectivity index (χ3v) is 1.83. The summed E-state index contributed by atoms with van der Waals surface area (Å²) >= 11 is 0. The smallest absolute Gasteiger partial charge is 0.299 e. The van der Waals surface area contributed by atoms with Gasteiger partial charge < -0.3 is 0 Å². The lowest BCUT2D eigenvalue weighted by Gasteiger charge is -2.13. The molecule has 0 radical (unpaired) electrons. The Morgan fingerprint density at radius 2 is 2.12 bits per heavy atom. The molecule has 0 aliphatic heterocycles. The Hall–Kier alpha value is -2.04. The fourth-order valence-electron chi connectivity index (χ4n) is 1.00. The molecular weight excluding hydrogens is 227 g/mol. The molecule has 0 bridgehead atoms. The molecule has 1 aromatic heterocycles. The van der Waals surface area contributed by atoms with Crippen LogP contribution in [0.5, 0.6) is 0 Å². The Labute approximate surface area is 86.8 Å². The van der Waals surface area contributed by atoms with Crippen molar-refractivity contribution in [1.82, 2.24) is 9.55 Å². The summed E-state index contributed by atoms with van der Waals surface area (Å²) in [4.78, 5) is 23.5. The van der Waals surface area contributed by atoms with Gasteiger partial charge in [0.25, 0.3) is 5.56 Å². The second-order valence-corrected chi connectivity index (χ2v) is 2.99. The topological polar surface area (TPSA) is 78.7 Å². The van der Waals surface area contributed by atoms with Gasteiger partial charge >= 0.3 is 11.9 Å². The molecule has 0 aliphatic rings. The minimum Gasteiger partial charge on any atom is -0.299 e. The highest BCUT2D eigenvalue weighted by Crippen LogP contribution is 2.26. The first-order valence-electron chi connectivity index (χ1n) is 4.10. The van der Waals surface area contributed by atoms with E-state index in [0.29, 0.717) is 4.57 Å². The molecule has 1 heterocycles. The number of H-pyrrole nitrogens is 1. The molecule has 0 aliphatic carbocycles. The standard InChI is InChI=1S/C8H6F3N3O2/c9-8(10,11)5(3-12)4-14-2-1-6(15)13-7(14)16/h1-2,5H,4H2,(H,13,15,16). The van der Waals surface area contributed by atoms with Gasteiger partial charge in [-0.2, -0.15) is 18.4 Å². The van der Waals surface area contributed by atoms with Crippen LogP contribution in [0.25, 0.3) is 0 Å². The van der Waals surface area contributed by atoms with Crippen LogP contribution in [0.2, 0.25) is 0 Å². The van der Waals surface area contributed by atoms with E-state index >= 15 is 0 Å². The molecule has 0 saturated carbocycles. The minimum absolute atomic E-state index is 0.628. The van der Waals surface area contributed by atoms with Crippen molar-refractivity contribution in [3.8, 4) is 6.07 Å². The van der Waals surface area contributed by atoms with E-state index in [-0.39, 0.29) is 0 Å². The normalized spacial score (nSPS) is 13.1. The Morgan fingerprint density at radius 3 is 2.56 bits per heavy atom. The molecule has 1 aromatic rings. The predicted molar refractivity (Wildman–Crippen MR) is 46.5 cm³/mol. The van der Waals surface area contributed by atoms with Crippen LogP contribution in [0.1, 0.15) is 0 Å². The van der Waals surface area contributed by atoms with Crippen LogP contribution in [-0.4, -0.2) is 15.7 Å². The number of nitrogens with one attached hydrogen (secondary N) is 1. The first-order chi connectivity index (χ1) is 7.34. The quantitative estimate of drug-likeness (QED) is 0.794. The van der Waals surface area contributed by atoms with E-state index in [1.54, 1.807) is 4.98 Å². The number of hydrogen-bond donors (Lipinski definition) is 1. The van der Waals surface area contributed by atoms with E-state index in [1.165, 1.54) is 0 Å². The molecule has 1 rings (SSSR count). The zero-order valence-corrected chi connectivity index (χ0v) is 7.78. The largest absolute Gasteiger partial charge is 0.406 e. The van der Waals surface area contributed by atoms with Crippen LogP contribution in [-0.2, 0) is 6.54 Å². The van der Waals surface area contributed by atoms with Gasteiger partial charge in [-0.3, -0.25) is 14.3 Å². The van der Waals surface area contributed by atoms with E-state index in [2.05, 4.69) is 0 Å². The Kier molecular flexibility index (Phi) is 3.17. The van der Waals surface area contributed by atoms with Gasteiger partial charge in [0, 0.05) is 12.3 Å². The van der Waals surface area contributed by atoms with E-state index in [9.17, 15) is 22.8 Å². The molecule has 8 heteroatoms. The van der Waals surface area contributed by atoms with Crippen LogP contribution in [0.3, 0.4) is 0 Å². The van der Waals surface area contributed by atoms with Gasteiger partial charge in [-0.1, -0.05) is 0 Å². The predicted octanol–water partition coefficient (Wildman–Crippen LogP) is 0.239. The Bertz CT molecular complexity index is 523. The van der Waals surface area contributed by atoms with Gasteiger partial charge in [-0.05, 0) is 0 Å². The van der Waals surface area contributed by atoms with E-state index in [0.717, 1.165) is 18.3 Å². The monoisotopic (exact) mass is 233 g/mol. The van der Waals surface area contributed by atoms with Crippen LogP contribution in [0.4, 0.5) is 13.2 Å². The number of rotatable bonds is 2. The molecular formula is C8H6F3N3O2. The van der Waals surface area contributed by atoms with Crippen molar-refractivity contribution in [1.29, 1.82) is 5.26 Å². The highest BCUT2D eigenvalue weighted by molar-refractivity contribution is 4.91. The van der Waals surface area contributed by atoms with E-state index in [4.69, 9.17) is 5.26 Å². The van der Waals surface area contributed by atoms with Crippen molar-refractivity contribution in [2.24, 2.45) is 5.92 Å². The summed E-state index contributed by atoms with van der Waals surface area (Å²) in [5.41, 5.74) is -1.68. The molecule has 0 amide bonds. The average Bonchev–Trinajstić information content (AvgIpc) is 2.14. The molecule has 1 N–H and O–H groups in total. The number of nitrogens with zero attached hydrogens (tertiary/aromatic N) is 2. The fraction of sp³-hybridized carbons (Fsp3) is 0.375. The first-order valence-corrected chi connectivity index (χ1v) is 4.10. The maximum Gasteiger partial charge on any atom is 0.406 e. The molecule has 16 heavy (non-hydrogen) atoms. The Balaban J connectivity index is 3.01. The van der Waals surface area contributed by atoms with E-state index in [1.807, 2.05) is 0 Å². The van der Waals surface area contributed by atoms with Gasteiger partial charge in [-0.25, -0.2) is 4.79 Å². The lowest BCUT2D eigenvalue weighted by atomic mass is 10.1. The van der Waals surface area contributed by atoms with Gasteiger partial charge in [-0.15, -0.1) is 0 Å². The number of aromatic amines is 1. The molecule has 0 saturated heterocycles. The molecule has 0 fully saturated rings. The highest BCUT2D eigenvalue weighted by atomic mass is 19.4. The average molecular weight is 233 g/mol. The summed E-state index contributed by atoms with van der Waals surface area (Å²) in [6.07, 6.45) is -3.79. The van der Waals surface area contributed by atoms with Crippen LogP contribution in [0.15, 0.2) is 21.9 Å². The van der Waals surface area contributed by atoms with Gasteiger partial charge in [0.2, 0.25) is 0 Å². The lowest BCUT2D eigenvalue weighted by Crippen LogP contribution is -2.34. The van der Waals surface area contributed by atoms with Crippen LogP contribution < -0.4 is 11.2 Å². The molecule has 1 atom stereocenters. The summed E-state index contributed by atoms with van der Waals surface area (Å²) in [5, 5.41) is 8.31. The van der Waals surface area contributed by atoms with Crippen molar-refractivity contribution >= 4 is 0 Å². The molecule has 1 unspecified atom stereocenters. The first kappa shape index (κ1) is 12.0. The summed E-state index contributed by atoms with van der Waals surface area (Å²) in [5.74, 6) is -2.28. The summed E-state index contributed by atoms with van der Waals surface area (Å²) < 4.78 is 37.2. The number of halogens is 3. The minimum atomic E-state index is -4.70. The second-order valence-electron chi connectivity index (χ2n) is 2.99. The van der Waals surface area contributed by atoms with Crippen molar-refractivity contribution in [3.63, 3.8) is 0 Å². The lowest BCUT2D eigenvalue weighted by molar-refractivity contribution is -0.162.